The highest BCUT2D eigenvalue weighted by Gasteiger charge is 2.22. The quantitative estimate of drug-likeness (QED) is 0.731. The predicted molar refractivity (Wildman–Crippen MR) is 59.8 cm³/mol. The fourth-order valence-electron chi connectivity index (χ4n) is 2.46. The lowest BCUT2D eigenvalue weighted by molar-refractivity contribution is 0.207. The third-order valence-electron chi connectivity index (χ3n) is 3.42. The molecular weight excluding hydrogens is 190 g/mol. The van der Waals surface area contributed by atoms with Crippen molar-refractivity contribution in [3.05, 3.63) is 0 Å². The molecule has 0 saturated carbocycles. The van der Waals surface area contributed by atoms with Crippen molar-refractivity contribution in [1.82, 2.24) is 15.1 Å². The predicted octanol–water partition coefficient (Wildman–Crippen LogP) is 0.744. The van der Waals surface area contributed by atoms with E-state index in [0.29, 0.717) is 5.92 Å². The van der Waals surface area contributed by atoms with Crippen molar-refractivity contribution in [3.8, 4) is 0 Å². The summed E-state index contributed by atoms with van der Waals surface area (Å²) in [7, 11) is 2.14. The summed E-state index contributed by atoms with van der Waals surface area (Å²) >= 11 is 0. The summed E-state index contributed by atoms with van der Waals surface area (Å²) in [6, 6.07) is 0.141. The molecule has 2 heterocycles. The molecule has 4 nitrogen and oxygen atoms in total. The van der Waals surface area contributed by atoms with Gasteiger partial charge in [0.05, 0.1) is 0 Å². The van der Waals surface area contributed by atoms with Crippen molar-refractivity contribution in [3.63, 3.8) is 0 Å². The highest BCUT2D eigenvalue weighted by atomic mass is 16.2. The summed E-state index contributed by atoms with van der Waals surface area (Å²) < 4.78 is 0. The van der Waals surface area contributed by atoms with Gasteiger partial charge in [0.25, 0.3) is 0 Å². The second-order valence-electron chi connectivity index (χ2n) is 4.80. The van der Waals surface area contributed by atoms with Crippen LogP contribution in [-0.4, -0.2) is 55.6 Å². The van der Waals surface area contributed by atoms with Crippen molar-refractivity contribution >= 4 is 6.03 Å². The Labute approximate surface area is 91.6 Å². The first-order chi connectivity index (χ1) is 7.25. The number of rotatable bonds is 2. The monoisotopic (exact) mass is 211 g/mol. The molecule has 0 bridgehead atoms. The lowest BCUT2D eigenvalue weighted by atomic mass is 10.1. The van der Waals surface area contributed by atoms with Crippen LogP contribution in [0.1, 0.15) is 19.3 Å². The second-order valence-corrected chi connectivity index (χ2v) is 4.80. The summed E-state index contributed by atoms with van der Waals surface area (Å²) in [6.45, 7) is 5.02. The van der Waals surface area contributed by atoms with Gasteiger partial charge in [-0.05, 0) is 38.8 Å². The molecule has 1 unspecified atom stereocenters. The number of urea groups is 1. The van der Waals surface area contributed by atoms with Gasteiger partial charge in [0.1, 0.15) is 0 Å². The zero-order valence-electron chi connectivity index (χ0n) is 9.54. The Hall–Kier alpha value is -0.770. The van der Waals surface area contributed by atoms with E-state index >= 15 is 0 Å². The Morgan fingerprint density at radius 2 is 2.07 bits per heavy atom. The molecule has 1 atom stereocenters. The summed E-state index contributed by atoms with van der Waals surface area (Å²) in [5.41, 5.74) is 0. The van der Waals surface area contributed by atoms with Gasteiger partial charge in [-0.15, -0.1) is 0 Å². The Morgan fingerprint density at radius 1 is 1.33 bits per heavy atom. The number of nitrogens with zero attached hydrogens (tertiary/aromatic N) is 2. The van der Waals surface area contributed by atoms with Gasteiger partial charge < -0.3 is 15.1 Å². The fourth-order valence-corrected chi connectivity index (χ4v) is 2.46. The zero-order valence-corrected chi connectivity index (χ0v) is 9.54. The normalized spacial score (nSPS) is 27.3. The van der Waals surface area contributed by atoms with Gasteiger partial charge in [-0.1, -0.05) is 0 Å². The van der Waals surface area contributed by atoms with Crippen LogP contribution in [0.2, 0.25) is 0 Å². The Kier molecular flexibility index (Phi) is 3.46. The van der Waals surface area contributed by atoms with Gasteiger partial charge in [-0.3, -0.25) is 0 Å². The van der Waals surface area contributed by atoms with Crippen LogP contribution in [0.3, 0.4) is 0 Å². The van der Waals surface area contributed by atoms with E-state index in [1.165, 1.54) is 25.8 Å². The van der Waals surface area contributed by atoms with Crippen molar-refractivity contribution in [2.75, 3.05) is 39.8 Å². The highest BCUT2D eigenvalue weighted by Crippen LogP contribution is 2.13. The third kappa shape index (κ3) is 2.84. The average Bonchev–Trinajstić information content (AvgIpc) is 2.84. The SMILES string of the molecule is CN1CCC(CNC(=O)N2CCCC2)C1. The van der Waals surface area contributed by atoms with Crippen LogP contribution < -0.4 is 5.32 Å². The lowest BCUT2D eigenvalue weighted by Gasteiger charge is -2.18. The van der Waals surface area contributed by atoms with E-state index in [1.54, 1.807) is 0 Å². The second kappa shape index (κ2) is 4.84. The molecule has 1 N–H and O–H groups in total. The number of carbonyl (C=O) groups is 1. The number of hydrogen-bond donors (Lipinski definition) is 1. The number of likely N-dealkylation sites (tertiary alicyclic amines) is 2. The van der Waals surface area contributed by atoms with Gasteiger partial charge in [-0.25, -0.2) is 4.79 Å². The molecule has 2 saturated heterocycles. The molecule has 2 amide bonds. The molecule has 0 spiro atoms. The third-order valence-corrected chi connectivity index (χ3v) is 3.42. The molecule has 2 rings (SSSR count). The molecule has 0 radical (unpaired) electrons. The lowest BCUT2D eigenvalue weighted by Crippen LogP contribution is -2.40. The summed E-state index contributed by atoms with van der Waals surface area (Å²) in [6.07, 6.45) is 3.55. The van der Waals surface area contributed by atoms with Crippen molar-refractivity contribution in [1.29, 1.82) is 0 Å². The maximum Gasteiger partial charge on any atom is 0.317 e. The van der Waals surface area contributed by atoms with Crippen LogP contribution in [0.25, 0.3) is 0 Å². The van der Waals surface area contributed by atoms with E-state index in [9.17, 15) is 4.79 Å². The zero-order chi connectivity index (χ0) is 10.7. The Balaban J connectivity index is 1.66. The fraction of sp³-hybridized carbons (Fsp3) is 0.909. The average molecular weight is 211 g/mol. The number of hydrogen-bond acceptors (Lipinski definition) is 2. The molecule has 0 aromatic carbocycles. The Bertz CT molecular complexity index is 226. The van der Waals surface area contributed by atoms with E-state index in [2.05, 4.69) is 17.3 Å². The topological polar surface area (TPSA) is 35.6 Å². The van der Waals surface area contributed by atoms with Crippen LogP contribution in [0.15, 0.2) is 0 Å². The molecular formula is C11H21N3O. The van der Waals surface area contributed by atoms with E-state index < -0.39 is 0 Å². The smallest absolute Gasteiger partial charge is 0.317 e. The van der Waals surface area contributed by atoms with Gasteiger partial charge in [-0.2, -0.15) is 0 Å². The minimum atomic E-state index is 0.141. The van der Waals surface area contributed by atoms with Gasteiger partial charge in [0, 0.05) is 26.2 Å². The molecule has 0 aliphatic carbocycles. The molecule has 86 valence electrons. The molecule has 0 aromatic heterocycles. The van der Waals surface area contributed by atoms with Crippen LogP contribution in [-0.2, 0) is 0 Å². The van der Waals surface area contributed by atoms with Gasteiger partial charge in [0.15, 0.2) is 0 Å². The number of nitrogens with one attached hydrogen (secondary N) is 1. The molecule has 2 fully saturated rings. The van der Waals surface area contributed by atoms with Gasteiger partial charge >= 0.3 is 6.03 Å². The first kappa shape index (κ1) is 10.7. The van der Waals surface area contributed by atoms with Crippen LogP contribution >= 0.6 is 0 Å². The van der Waals surface area contributed by atoms with Crippen LogP contribution in [0, 0.1) is 5.92 Å². The molecule has 0 aromatic rings. The summed E-state index contributed by atoms with van der Waals surface area (Å²) in [5, 5.41) is 3.05. The largest absolute Gasteiger partial charge is 0.338 e. The summed E-state index contributed by atoms with van der Waals surface area (Å²) in [5.74, 6) is 0.654. The van der Waals surface area contributed by atoms with E-state index in [1.807, 2.05) is 4.90 Å². The van der Waals surface area contributed by atoms with E-state index in [0.717, 1.165) is 26.2 Å². The first-order valence-corrected chi connectivity index (χ1v) is 5.97. The Morgan fingerprint density at radius 3 is 2.67 bits per heavy atom. The van der Waals surface area contributed by atoms with E-state index in [4.69, 9.17) is 0 Å². The standard InChI is InChI=1S/C11H21N3O/c1-13-7-4-10(9-13)8-12-11(15)14-5-2-3-6-14/h10H,2-9H2,1H3,(H,12,15). The van der Waals surface area contributed by atoms with Crippen molar-refractivity contribution < 1.29 is 4.79 Å². The van der Waals surface area contributed by atoms with Crippen LogP contribution in [0.4, 0.5) is 4.79 Å². The first-order valence-electron chi connectivity index (χ1n) is 5.97. The molecule has 2 aliphatic heterocycles. The van der Waals surface area contributed by atoms with Crippen molar-refractivity contribution in [2.24, 2.45) is 5.92 Å². The molecule has 2 aliphatic rings. The molecule has 4 heteroatoms. The summed E-state index contributed by atoms with van der Waals surface area (Å²) in [4.78, 5) is 15.9. The maximum absolute atomic E-state index is 11.7. The van der Waals surface area contributed by atoms with Crippen molar-refractivity contribution in [2.45, 2.75) is 19.3 Å². The van der Waals surface area contributed by atoms with Crippen LogP contribution in [0.5, 0.6) is 0 Å². The van der Waals surface area contributed by atoms with Gasteiger partial charge in [0.2, 0.25) is 0 Å². The number of carbonyl (C=O) groups excluding carboxylic acids is 1. The number of amides is 2. The molecule has 15 heavy (non-hydrogen) atoms. The minimum Gasteiger partial charge on any atom is -0.338 e. The van der Waals surface area contributed by atoms with E-state index in [-0.39, 0.29) is 6.03 Å². The highest BCUT2D eigenvalue weighted by molar-refractivity contribution is 5.74. The maximum atomic E-state index is 11.7. The minimum absolute atomic E-state index is 0.141.